The quantitative estimate of drug-likeness (QED) is 0.759. The molecule has 0 atom stereocenters. The maximum atomic E-state index is 5.08. The Morgan fingerprint density at radius 3 is 2.85 bits per heavy atom. The molecular formula is C9H14N2OS. The van der Waals surface area contributed by atoms with Gasteiger partial charge in [-0.1, -0.05) is 25.7 Å². The molecule has 1 heterocycles. The van der Waals surface area contributed by atoms with Crippen molar-refractivity contribution in [1.29, 1.82) is 0 Å². The third-order valence-electron chi connectivity index (χ3n) is 2.72. The highest BCUT2D eigenvalue weighted by atomic mass is 32.1. The van der Waals surface area contributed by atoms with Gasteiger partial charge in [-0.25, -0.2) is 0 Å². The number of nitrogens with one attached hydrogen (secondary N) is 1. The van der Waals surface area contributed by atoms with E-state index in [4.69, 9.17) is 16.7 Å². The van der Waals surface area contributed by atoms with Crippen LogP contribution in [0.4, 0.5) is 0 Å². The number of nitrogens with zero attached hydrogens (tertiary/aromatic N) is 1. The summed E-state index contributed by atoms with van der Waals surface area (Å²) in [7, 11) is 0. The fraction of sp³-hybridized carbons (Fsp3) is 0.778. The lowest BCUT2D eigenvalue weighted by Gasteiger charge is -2.04. The van der Waals surface area contributed by atoms with E-state index >= 15 is 0 Å². The van der Waals surface area contributed by atoms with Gasteiger partial charge in [-0.3, -0.25) is 0 Å². The molecule has 0 spiro atoms. The molecule has 0 bridgehead atoms. The molecule has 1 aliphatic rings. The van der Waals surface area contributed by atoms with E-state index in [1.54, 1.807) is 0 Å². The van der Waals surface area contributed by atoms with Crippen molar-refractivity contribution >= 4 is 12.2 Å². The fourth-order valence-electron chi connectivity index (χ4n) is 2.00. The van der Waals surface area contributed by atoms with Crippen LogP contribution in [-0.2, 0) is 6.42 Å². The molecule has 72 valence electrons. The molecule has 0 aliphatic heterocycles. The Labute approximate surface area is 82.5 Å². The predicted molar refractivity (Wildman–Crippen MR) is 52.0 cm³/mol. The summed E-state index contributed by atoms with van der Waals surface area (Å²) in [4.78, 5) is 4.06. The van der Waals surface area contributed by atoms with Crippen LogP contribution in [-0.4, -0.2) is 10.1 Å². The van der Waals surface area contributed by atoms with Crippen molar-refractivity contribution < 1.29 is 4.52 Å². The molecule has 1 saturated carbocycles. The van der Waals surface area contributed by atoms with Gasteiger partial charge in [-0.15, -0.1) is 0 Å². The van der Waals surface area contributed by atoms with Crippen molar-refractivity contribution in [1.82, 2.24) is 10.1 Å². The number of aryl methyl sites for hydroxylation is 1. The Balaban J connectivity index is 1.82. The standard InChI is InChI=1S/C9H14N2OS/c13-9-10-8(12-11-9)6-5-7-3-1-2-4-7/h7H,1-6H2,(H,11,13). The average Bonchev–Trinajstić information content (AvgIpc) is 2.71. The van der Waals surface area contributed by atoms with Crippen molar-refractivity contribution in [2.75, 3.05) is 0 Å². The van der Waals surface area contributed by atoms with Crippen molar-refractivity contribution in [2.45, 2.75) is 38.5 Å². The van der Waals surface area contributed by atoms with Gasteiger partial charge in [0.25, 0.3) is 0 Å². The minimum atomic E-state index is 0.460. The third-order valence-corrected chi connectivity index (χ3v) is 2.90. The van der Waals surface area contributed by atoms with Gasteiger partial charge >= 0.3 is 0 Å². The lowest BCUT2D eigenvalue weighted by Crippen LogP contribution is -1.96. The zero-order valence-electron chi connectivity index (χ0n) is 7.58. The van der Waals surface area contributed by atoms with E-state index in [1.165, 1.54) is 32.1 Å². The van der Waals surface area contributed by atoms with E-state index in [2.05, 4.69) is 10.1 Å². The van der Waals surface area contributed by atoms with E-state index in [9.17, 15) is 0 Å². The summed E-state index contributed by atoms with van der Waals surface area (Å²) >= 11 is 4.82. The minimum Gasteiger partial charge on any atom is -0.364 e. The number of rotatable bonds is 3. The molecule has 1 fully saturated rings. The average molecular weight is 198 g/mol. The van der Waals surface area contributed by atoms with Crippen LogP contribution < -0.4 is 0 Å². The van der Waals surface area contributed by atoms with Gasteiger partial charge in [-0.05, 0) is 24.6 Å². The lowest BCUT2D eigenvalue weighted by atomic mass is 10.0. The molecule has 0 unspecified atom stereocenters. The zero-order chi connectivity index (χ0) is 9.10. The van der Waals surface area contributed by atoms with Crippen LogP contribution in [0.15, 0.2) is 4.52 Å². The molecule has 1 N–H and O–H groups in total. The molecule has 1 aliphatic carbocycles. The lowest BCUT2D eigenvalue weighted by molar-refractivity contribution is 0.360. The minimum absolute atomic E-state index is 0.460. The molecule has 4 heteroatoms. The monoisotopic (exact) mass is 198 g/mol. The van der Waals surface area contributed by atoms with Gasteiger partial charge in [-0.2, -0.15) is 10.1 Å². The molecule has 2 rings (SSSR count). The Bertz CT molecular complexity index is 311. The Kier molecular flexibility index (Phi) is 2.78. The van der Waals surface area contributed by atoms with Gasteiger partial charge in [0.15, 0.2) is 0 Å². The number of hydrogen-bond acceptors (Lipinski definition) is 3. The van der Waals surface area contributed by atoms with E-state index in [0.29, 0.717) is 4.77 Å². The Morgan fingerprint density at radius 1 is 1.46 bits per heavy atom. The maximum Gasteiger partial charge on any atom is 0.229 e. The number of aromatic nitrogens is 2. The second-order valence-corrected chi connectivity index (χ2v) is 4.09. The largest absolute Gasteiger partial charge is 0.364 e. The summed E-state index contributed by atoms with van der Waals surface area (Å²) in [6, 6.07) is 0. The number of hydrogen-bond donors (Lipinski definition) is 1. The maximum absolute atomic E-state index is 5.08. The Morgan fingerprint density at radius 2 is 2.23 bits per heavy atom. The summed E-state index contributed by atoms with van der Waals surface area (Å²) in [5, 5.41) is 2.57. The van der Waals surface area contributed by atoms with Gasteiger partial charge in [0, 0.05) is 6.42 Å². The van der Waals surface area contributed by atoms with Crippen molar-refractivity contribution in [3.05, 3.63) is 10.7 Å². The van der Waals surface area contributed by atoms with E-state index in [-0.39, 0.29) is 0 Å². The van der Waals surface area contributed by atoms with Crippen molar-refractivity contribution in [3.63, 3.8) is 0 Å². The zero-order valence-corrected chi connectivity index (χ0v) is 8.40. The van der Waals surface area contributed by atoms with Crippen molar-refractivity contribution in [2.24, 2.45) is 5.92 Å². The van der Waals surface area contributed by atoms with Crippen LogP contribution in [0, 0.1) is 10.7 Å². The van der Waals surface area contributed by atoms with Gasteiger partial charge in [0.2, 0.25) is 10.7 Å². The second-order valence-electron chi connectivity index (χ2n) is 3.70. The fourth-order valence-corrected chi connectivity index (χ4v) is 2.14. The summed E-state index contributed by atoms with van der Waals surface area (Å²) < 4.78 is 5.54. The molecule has 0 amide bonds. The van der Waals surface area contributed by atoms with Crippen LogP contribution in [0.3, 0.4) is 0 Å². The second kappa shape index (κ2) is 4.05. The van der Waals surface area contributed by atoms with Crippen LogP contribution >= 0.6 is 12.2 Å². The Hall–Kier alpha value is -0.640. The van der Waals surface area contributed by atoms with Crippen LogP contribution in [0.25, 0.3) is 0 Å². The first-order valence-corrected chi connectivity index (χ1v) is 5.30. The first-order valence-electron chi connectivity index (χ1n) is 4.89. The van der Waals surface area contributed by atoms with Crippen LogP contribution in [0.5, 0.6) is 0 Å². The smallest absolute Gasteiger partial charge is 0.229 e. The first kappa shape index (κ1) is 8.94. The molecule has 1 aromatic heterocycles. The topological polar surface area (TPSA) is 41.8 Å². The van der Waals surface area contributed by atoms with Gasteiger partial charge in [0.05, 0.1) is 0 Å². The normalized spacial score (nSPS) is 18.2. The molecule has 13 heavy (non-hydrogen) atoms. The molecule has 3 nitrogen and oxygen atoms in total. The van der Waals surface area contributed by atoms with Crippen LogP contribution in [0.2, 0.25) is 0 Å². The first-order chi connectivity index (χ1) is 6.34. The SMILES string of the molecule is S=c1nc(CCC2CCCC2)o[nH]1. The predicted octanol–water partition coefficient (Wildman–Crippen LogP) is 2.85. The number of aromatic amines is 1. The van der Waals surface area contributed by atoms with Crippen molar-refractivity contribution in [3.8, 4) is 0 Å². The summed E-state index contributed by atoms with van der Waals surface area (Å²) in [5.74, 6) is 1.65. The van der Waals surface area contributed by atoms with E-state index in [1.807, 2.05) is 0 Å². The van der Waals surface area contributed by atoms with Crippen LogP contribution in [0.1, 0.15) is 38.0 Å². The highest BCUT2D eigenvalue weighted by molar-refractivity contribution is 7.71. The molecular weight excluding hydrogens is 184 g/mol. The summed E-state index contributed by atoms with van der Waals surface area (Å²) in [5.41, 5.74) is 0. The molecule has 0 radical (unpaired) electrons. The number of H-pyrrole nitrogens is 1. The highest BCUT2D eigenvalue weighted by Crippen LogP contribution is 2.28. The third kappa shape index (κ3) is 2.40. The van der Waals surface area contributed by atoms with E-state index in [0.717, 1.165) is 18.2 Å². The molecule has 1 aromatic rings. The van der Waals surface area contributed by atoms with Gasteiger partial charge < -0.3 is 4.52 Å². The van der Waals surface area contributed by atoms with E-state index < -0.39 is 0 Å². The van der Waals surface area contributed by atoms with Gasteiger partial charge in [0.1, 0.15) is 0 Å². The summed E-state index contributed by atoms with van der Waals surface area (Å²) in [6.45, 7) is 0. The molecule has 0 aromatic carbocycles. The highest BCUT2D eigenvalue weighted by Gasteiger charge is 2.15. The molecule has 0 saturated heterocycles. The summed E-state index contributed by atoms with van der Waals surface area (Å²) in [6.07, 6.45) is 7.68.